The average Bonchev–Trinajstić information content (AvgIpc) is 2.71. The number of benzene rings is 1. The zero-order valence-corrected chi connectivity index (χ0v) is 10.1. The number of nitrogens with zero attached hydrogens (tertiary/aromatic N) is 3. The van der Waals surface area contributed by atoms with E-state index in [0.29, 0.717) is 6.54 Å². The van der Waals surface area contributed by atoms with Gasteiger partial charge in [0.1, 0.15) is 6.54 Å². The van der Waals surface area contributed by atoms with Crippen LogP contribution in [-0.4, -0.2) is 45.9 Å². The summed E-state index contributed by atoms with van der Waals surface area (Å²) in [5.74, 6) is -0.893. The van der Waals surface area contributed by atoms with Gasteiger partial charge in [-0.25, -0.2) is 4.98 Å². The summed E-state index contributed by atoms with van der Waals surface area (Å²) in [7, 11) is 1.88. The molecule has 0 atom stereocenters. The molecule has 2 aromatic rings. The van der Waals surface area contributed by atoms with E-state index in [9.17, 15) is 4.79 Å². The summed E-state index contributed by atoms with van der Waals surface area (Å²) in [6, 6.07) is 5.61. The summed E-state index contributed by atoms with van der Waals surface area (Å²) in [5, 5.41) is 17.7. The molecule has 2 rings (SSSR count). The number of hydrogen-bond donors (Lipinski definition) is 2. The van der Waals surface area contributed by atoms with Crippen molar-refractivity contribution >= 4 is 22.7 Å². The Labute approximate surface area is 104 Å². The van der Waals surface area contributed by atoms with E-state index in [1.54, 1.807) is 4.57 Å². The molecule has 0 aliphatic carbocycles. The molecule has 0 saturated carbocycles. The van der Waals surface area contributed by atoms with Crippen LogP contribution in [0.1, 0.15) is 0 Å². The van der Waals surface area contributed by atoms with Gasteiger partial charge in [-0.05, 0) is 18.2 Å². The summed E-state index contributed by atoms with van der Waals surface area (Å²) in [4.78, 5) is 16.8. The van der Waals surface area contributed by atoms with E-state index in [0.717, 1.165) is 16.7 Å². The monoisotopic (exact) mass is 249 g/mol. The quantitative estimate of drug-likeness (QED) is 0.809. The highest BCUT2D eigenvalue weighted by atomic mass is 16.4. The average molecular weight is 249 g/mol. The van der Waals surface area contributed by atoms with Crippen molar-refractivity contribution in [1.82, 2.24) is 9.55 Å². The molecule has 6 heteroatoms. The molecule has 0 aliphatic heterocycles. The fourth-order valence-corrected chi connectivity index (χ4v) is 1.84. The Hall–Kier alpha value is -2.08. The third kappa shape index (κ3) is 2.43. The predicted octanol–water partition coefficient (Wildman–Crippen LogP) is 0.549. The molecule has 0 radical (unpaired) electrons. The van der Waals surface area contributed by atoms with Gasteiger partial charge in [-0.15, -0.1) is 0 Å². The number of carbonyl (C=O) groups is 1. The van der Waals surface area contributed by atoms with Crippen molar-refractivity contribution in [3.8, 4) is 0 Å². The molecule has 0 fully saturated rings. The molecule has 0 bridgehead atoms. The zero-order valence-electron chi connectivity index (χ0n) is 10.1. The maximum atomic E-state index is 10.7. The van der Waals surface area contributed by atoms with E-state index in [4.69, 9.17) is 10.2 Å². The lowest BCUT2D eigenvalue weighted by molar-refractivity contribution is -0.137. The molecular weight excluding hydrogens is 234 g/mol. The maximum absolute atomic E-state index is 10.7. The van der Waals surface area contributed by atoms with Crippen molar-refractivity contribution in [2.45, 2.75) is 6.54 Å². The lowest BCUT2D eigenvalue weighted by atomic mass is 10.2. The van der Waals surface area contributed by atoms with Crippen LogP contribution in [0.25, 0.3) is 11.0 Å². The lowest BCUT2D eigenvalue weighted by Crippen LogP contribution is -2.20. The number of anilines is 1. The third-order valence-electron chi connectivity index (χ3n) is 2.79. The Kier molecular flexibility index (Phi) is 3.47. The number of imidazole rings is 1. The number of aliphatic hydroxyl groups excluding tert-OH is 1. The number of likely N-dealkylation sites (N-methyl/N-ethyl adjacent to an activating group) is 1. The normalized spacial score (nSPS) is 10.8. The topological polar surface area (TPSA) is 78.6 Å². The van der Waals surface area contributed by atoms with E-state index in [1.807, 2.05) is 30.1 Å². The fourth-order valence-electron chi connectivity index (χ4n) is 1.84. The van der Waals surface area contributed by atoms with Gasteiger partial charge >= 0.3 is 5.97 Å². The number of hydrogen-bond acceptors (Lipinski definition) is 4. The van der Waals surface area contributed by atoms with Gasteiger partial charge in [0.05, 0.1) is 24.0 Å². The Balaban J connectivity index is 2.33. The molecule has 0 unspecified atom stereocenters. The molecule has 0 amide bonds. The SMILES string of the molecule is CN(CCO)c1ccc2c(c1)ncn2CC(=O)O. The molecule has 18 heavy (non-hydrogen) atoms. The standard InChI is InChI=1S/C12H15N3O3/c1-14(4-5-16)9-2-3-11-10(6-9)13-8-15(11)7-12(17)18/h2-3,6,8,16H,4-5,7H2,1H3,(H,17,18). The smallest absolute Gasteiger partial charge is 0.323 e. The molecular formula is C12H15N3O3. The van der Waals surface area contributed by atoms with Crippen LogP contribution in [-0.2, 0) is 11.3 Å². The molecule has 1 heterocycles. The molecule has 1 aromatic heterocycles. The van der Waals surface area contributed by atoms with Crippen molar-refractivity contribution in [1.29, 1.82) is 0 Å². The van der Waals surface area contributed by atoms with Crippen molar-refractivity contribution in [2.75, 3.05) is 25.1 Å². The van der Waals surface area contributed by atoms with Crippen LogP contribution >= 0.6 is 0 Å². The minimum Gasteiger partial charge on any atom is -0.480 e. The van der Waals surface area contributed by atoms with E-state index < -0.39 is 5.97 Å². The number of aliphatic carboxylic acids is 1. The molecule has 2 N–H and O–H groups in total. The van der Waals surface area contributed by atoms with Gasteiger partial charge in [-0.2, -0.15) is 0 Å². The number of aliphatic hydroxyl groups is 1. The second-order valence-electron chi connectivity index (χ2n) is 4.08. The summed E-state index contributed by atoms with van der Waals surface area (Å²) >= 11 is 0. The van der Waals surface area contributed by atoms with Gasteiger partial charge in [0.25, 0.3) is 0 Å². The van der Waals surface area contributed by atoms with Crippen LogP contribution in [0.4, 0.5) is 5.69 Å². The maximum Gasteiger partial charge on any atom is 0.323 e. The molecule has 96 valence electrons. The largest absolute Gasteiger partial charge is 0.480 e. The van der Waals surface area contributed by atoms with Crippen LogP contribution in [0.3, 0.4) is 0 Å². The Morgan fingerprint density at radius 3 is 2.94 bits per heavy atom. The number of aromatic nitrogens is 2. The fraction of sp³-hybridized carbons (Fsp3) is 0.333. The minimum absolute atomic E-state index is 0.0853. The number of fused-ring (bicyclic) bond motifs is 1. The number of rotatable bonds is 5. The molecule has 0 spiro atoms. The zero-order chi connectivity index (χ0) is 13.1. The first-order valence-electron chi connectivity index (χ1n) is 5.60. The highest BCUT2D eigenvalue weighted by Crippen LogP contribution is 2.20. The van der Waals surface area contributed by atoms with Crippen molar-refractivity contribution in [3.63, 3.8) is 0 Å². The summed E-state index contributed by atoms with van der Waals surface area (Å²) < 4.78 is 1.59. The van der Waals surface area contributed by atoms with Crippen LogP contribution < -0.4 is 4.90 Å². The van der Waals surface area contributed by atoms with E-state index in [-0.39, 0.29) is 13.2 Å². The third-order valence-corrected chi connectivity index (χ3v) is 2.79. The van der Waals surface area contributed by atoms with Gasteiger partial charge in [0, 0.05) is 19.3 Å². The molecule has 1 aromatic carbocycles. The van der Waals surface area contributed by atoms with Gasteiger partial charge < -0.3 is 19.7 Å². The second kappa shape index (κ2) is 5.05. The molecule has 6 nitrogen and oxygen atoms in total. The highest BCUT2D eigenvalue weighted by Gasteiger charge is 2.08. The summed E-state index contributed by atoms with van der Waals surface area (Å²) in [6.07, 6.45) is 1.52. The Morgan fingerprint density at radius 1 is 1.50 bits per heavy atom. The van der Waals surface area contributed by atoms with Gasteiger partial charge in [0.15, 0.2) is 0 Å². The molecule has 0 saturated heterocycles. The summed E-state index contributed by atoms with van der Waals surface area (Å²) in [5.41, 5.74) is 2.48. The van der Waals surface area contributed by atoms with Crippen molar-refractivity contribution in [3.05, 3.63) is 24.5 Å². The van der Waals surface area contributed by atoms with Gasteiger partial charge in [-0.3, -0.25) is 4.79 Å². The Morgan fingerprint density at radius 2 is 2.28 bits per heavy atom. The van der Waals surface area contributed by atoms with Crippen molar-refractivity contribution < 1.29 is 15.0 Å². The Bertz CT molecular complexity index is 565. The molecule has 0 aliphatic rings. The van der Waals surface area contributed by atoms with Gasteiger partial charge in [0.2, 0.25) is 0 Å². The first-order chi connectivity index (χ1) is 8.61. The second-order valence-corrected chi connectivity index (χ2v) is 4.08. The van der Waals surface area contributed by atoms with Crippen LogP contribution in [0.5, 0.6) is 0 Å². The van der Waals surface area contributed by atoms with Crippen molar-refractivity contribution in [2.24, 2.45) is 0 Å². The van der Waals surface area contributed by atoms with E-state index in [2.05, 4.69) is 4.98 Å². The number of carboxylic acids is 1. The van der Waals surface area contributed by atoms with E-state index in [1.165, 1.54) is 6.33 Å². The first-order valence-corrected chi connectivity index (χ1v) is 5.60. The minimum atomic E-state index is -0.893. The summed E-state index contributed by atoms with van der Waals surface area (Å²) in [6.45, 7) is 0.533. The lowest BCUT2D eigenvalue weighted by Gasteiger charge is -2.17. The predicted molar refractivity (Wildman–Crippen MR) is 67.7 cm³/mol. The number of carboxylic acid groups (broad SMARTS) is 1. The van der Waals surface area contributed by atoms with Crippen LogP contribution in [0.2, 0.25) is 0 Å². The first kappa shape index (κ1) is 12.4. The van der Waals surface area contributed by atoms with E-state index >= 15 is 0 Å². The van der Waals surface area contributed by atoms with Crippen LogP contribution in [0, 0.1) is 0 Å². The van der Waals surface area contributed by atoms with Gasteiger partial charge in [-0.1, -0.05) is 0 Å². The van der Waals surface area contributed by atoms with Crippen LogP contribution in [0.15, 0.2) is 24.5 Å². The highest BCUT2D eigenvalue weighted by molar-refractivity contribution is 5.81.